The third-order valence-electron chi connectivity index (χ3n) is 2.56. The molecule has 0 unspecified atom stereocenters. The largest absolute Gasteiger partial charge is 0.383 e. The molecule has 0 saturated heterocycles. The lowest BCUT2D eigenvalue weighted by molar-refractivity contribution is 0.869. The zero-order chi connectivity index (χ0) is 11.0. The first-order valence-electron chi connectivity index (χ1n) is 4.93. The highest BCUT2D eigenvalue weighted by atomic mass is 35.5. The number of benzene rings is 1. The zero-order valence-electron chi connectivity index (χ0n) is 8.79. The number of nitrogens with zero attached hydrogens (tertiary/aromatic N) is 1. The average Bonchev–Trinajstić information content (AvgIpc) is 2.23. The first-order valence-corrected chi connectivity index (χ1v) is 5.31. The van der Waals surface area contributed by atoms with Crippen LogP contribution in [0.2, 0.25) is 5.02 Å². The molecule has 0 atom stereocenters. The van der Waals surface area contributed by atoms with Gasteiger partial charge >= 0.3 is 0 Å². The Morgan fingerprint density at radius 2 is 2.00 bits per heavy atom. The molecule has 0 amide bonds. The van der Waals surface area contributed by atoms with Crippen molar-refractivity contribution in [1.82, 2.24) is 4.98 Å². The lowest BCUT2D eigenvalue weighted by atomic mass is 10.00. The topological polar surface area (TPSA) is 38.9 Å². The second-order valence-electron chi connectivity index (χ2n) is 3.95. The van der Waals surface area contributed by atoms with Crippen molar-refractivity contribution in [1.29, 1.82) is 0 Å². The van der Waals surface area contributed by atoms with E-state index in [9.17, 15) is 0 Å². The van der Waals surface area contributed by atoms with Crippen LogP contribution in [0.4, 0.5) is 5.82 Å². The van der Waals surface area contributed by atoms with Crippen molar-refractivity contribution in [3.63, 3.8) is 0 Å². The maximum absolute atomic E-state index is 6.09. The number of anilines is 1. The Morgan fingerprint density at radius 1 is 1.27 bits per heavy atom. The van der Waals surface area contributed by atoms with E-state index >= 15 is 0 Å². The highest BCUT2D eigenvalue weighted by molar-refractivity contribution is 6.35. The molecule has 0 radical (unpaired) electrons. The molecule has 2 aromatic rings. The summed E-state index contributed by atoms with van der Waals surface area (Å²) in [7, 11) is 0. The van der Waals surface area contributed by atoms with Crippen molar-refractivity contribution in [3.05, 3.63) is 35.0 Å². The number of aromatic nitrogens is 1. The molecule has 2 rings (SSSR count). The summed E-state index contributed by atoms with van der Waals surface area (Å²) in [4.78, 5) is 4.03. The van der Waals surface area contributed by atoms with Gasteiger partial charge in [0, 0.05) is 17.0 Å². The fourth-order valence-electron chi connectivity index (χ4n) is 1.61. The fraction of sp³-hybridized carbons (Fsp3) is 0.250. The molecule has 0 fully saturated rings. The minimum Gasteiger partial charge on any atom is -0.383 e. The molecule has 0 aliphatic heterocycles. The minimum atomic E-state index is 0.486. The Kier molecular flexibility index (Phi) is 2.53. The number of hydrogen-bond acceptors (Lipinski definition) is 2. The molecule has 0 aliphatic carbocycles. The number of nitrogen functional groups attached to an aromatic ring is 1. The number of hydrogen-bond donors (Lipinski definition) is 1. The zero-order valence-corrected chi connectivity index (χ0v) is 9.55. The summed E-state index contributed by atoms with van der Waals surface area (Å²) in [6.07, 6.45) is 1.60. The predicted octanol–water partition coefficient (Wildman–Crippen LogP) is 3.59. The van der Waals surface area contributed by atoms with Gasteiger partial charge in [-0.25, -0.2) is 4.98 Å². The smallest absolute Gasteiger partial charge is 0.131 e. The van der Waals surface area contributed by atoms with E-state index in [1.54, 1.807) is 6.20 Å². The number of fused-ring (bicyclic) bond motifs is 1. The lowest BCUT2D eigenvalue weighted by Crippen LogP contribution is -1.93. The van der Waals surface area contributed by atoms with Gasteiger partial charge in [-0.15, -0.1) is 0 Å². The van der Waals surface area contributed by atoms with Crippen LogP contribution in [0.25, 0.3) is 10.8 Å². The standard InChI is InChI=1S/C12H13ClN2/c1-7(2)8-3-4-9-10(5-8)11(13)6-15-12(9)14/h3-7H,1-2H3,(H2,14,15). The number of halogens is 1. The van der Waals surface area contributed by atoms with E-state index in [-0.39, 0.29) is 0 Å². The van der Waals surface area contributed by atoms with Gasteiger partial charge in [-0.2, -0.15) is 0 Å². The highest BCUT2D eigenvalue weighted by Gasteiger charge is 2.06. The Hall–Kier alpha value is -1.28. The Labute approximate surface area is 94.1 Å². The first-order chi connectivity index (χ1) is 7.09. The van der Waals surface area contributed by atoms with Gasteiger partial charge in [0.2, 0.25) is 0 Å². The van der Waals surface area contributed by atoms with E-state index in [0.29, 0.717) is 16.8 Å². The number of nitrogens with two attached hydrogens (primary N) is 1. The van der Waals surface area contributed by atoms with Crippen LogP contribution >= 0.6 is 11.6 Å². The molecule has 0 saturated carbocycles. The Bertz CT molecular complexity index is 506. The van der Waals surface area contributed by atoms with E-state index in [1.165, 1.54) is 5.56 Å². The van der Waals surface area contributed by atoms with Crippen LogP contribution in [0.5, 0.6) is 0 Å². The Morgan fingerprint density at radius 3 is 2.67 bits per heavy atom. The molecule has 0 aliphatic rings. The van der Waals surface area contributed by atoms with Crippen LogP contribution in [-0.2, 0) is 0 Å². The first kappa shape index (κ1) is 10.2. The summed E-state index contributed by atoms with van der Waals surface area (Å²) in [6, 6.07) is 6.14. The van der Waals surface area contributed by atoms with Gasteiger partial charge in [0.1, 0.15) is 5.82 Å². The van der Waals surface area contributed by atoms with Crippen molar-refractivity contribution < 1.29 is 0 Å². The van der Waals surface area contributed by atoms with Crippen LogP contribution in [-0.4, -0.2) is 4.98 Å². The van der Waals surface area contributed by atoms with Gasteiger partial charge in [-0.3, -0.25) is 0 Å². The van der Waals surface area contributed by atoms with Gasteiger partial charge in [0.05, 0.1) is 5.02 Å². The molecular formula is C12H13ClN2. The van der Waals surface area contributed by atoms with E-state index < -0.39 is 0 Å². The van der Waals surface area contributed by atoms with Gasteiger partial charge < -0.3 is 5.73 Å². The molecule has 1 aromatic heterocycles. The maximum Gasteiger partial charge on any atom is 0.131 e. The lowest BCUT2D eigenvalue weighted by Gasteiger charge is -2.08. The summed E-state index contributed by atoms with van der Waals surface area (Å²) >= 11 is 6.09. The van der Waals surface area contributed by atoms with Crippen LogP contribution in [0.1, 0.15) is 25.3 Å². The van der Waals surface area contributed by atoms with E-state index in [2.05, 4.69) is 31.0 Å². The summed E-state index contributed by atoms with van der Waals surface area (Å²) in [5.41, 5.74) is 7.04. The molecule has 0 bridgehead atoms. The third kappa shape index (κ3) is 1.77. The quantitative estimate of drug-likeness (QED) is 0.798. The van der Waals surface area contributed by atoms with E-state index in [0.717, 1.165) is 10.8 Å². The predicted molar refractivity (Wildman–Crippen MR) is 65.3 cm³/mol. The van der Waals surface area contributed by atoms with Gasteiger partial charge in [0.15, 0.2) is 0 Å². The van der Waals surface area contributed by atoms with Crippen LogP contribution < -0.4 is 5.73 Å². The normalized spacial score (nSPS) is 11.2. The molecule has 1 heterocycles. The van der Waals surface area contributed by atoms with Crippen LogP contribution in [0.15, 0.2) is 24.4 Å². The fourth-order valence-corrected chi connectivity index (χ4v) is 1.81. The monoisotopic (exact) mass is 220 g/mol. The molecule has 15 heavy (non-hydrogen) atoms. The van der Waals surface area contributed by atoms with Crippen molar-refractivity contribution in [2.75, 3.05) is 5.73 Å². The van der Waals surface area contributed by atoms with Gasteiger partial charge in [-0.05, 0) is 17.5 Å². The molecule has 78 valence electrons. The summed E-state index contributed by atoms with van der Waals surface area (Å²) in [6.45, 7) is 4.30. The maximum atomic E-state index is 6.09. The summed E-state index contributed by atoms with van der Waals surface area (Å²) in [5, 5.41) is 2.56. The van der Waals surface area contributed by atoms with E-state index in [4.69, 9.17) is 17.3 Å². The second-order valence-corrected chi connectivity index (χ2v) is 4.36. The highest BCUT2D eigenvalue weighted by Crippen LogP contribution is 2.29. The van der Waals surface area contributed by atoms with Crippen LogP contribution in [0.3, 0.4) is 0 Å². The summed E-state index contributed by atoms with van der Waals surface area (Å²) < 4.78 is 0. The molecule has 2 N–H and O–H groups in total. The minimum absolute atomic E-state index is 0.486. The van der Waals surface area contributed by atoms with Crippen molar-refractivity contribution in [2.24, 2.45) is 0 Å². The number of rotatable bonds is 1. The Balaban J connectivity index is 2.76. The average molecular weight is 221 g/mol. The SMILES string of the molecule is CC(C)c1ccc2c(N)ncc(Cl)c2c1. The molecule has 2 nitrogen and oxygen atoms in total. The third-order valence-corrected chi connectivity index (χ3v) is 2.86. The molecule has 0 spiro atoms. The van der Waals surface area contributed by atoms with E-state index in [1.807, 2.05) is 6.07 Å². The summed E-state index contributed by atoms with van der Waals surface area (Å²) in [5.74, 6) is 1.02. The van der Waals surface area contributed by atoms with Gasteiger partial charge in [-0.1, -0.05) is 37.6 Å². The van der Waals surface area contributed by atoms with Crippen LogP contribution in [0, 0.1) is 0 Å². The second kappa shape index (κ2) is 3.70. The molecule has 3 heteroatoms. The molecular weight excluding hydrogens is 208 g/mol. The van der Waals surface area contributed by atoms with Gasteiger partial charge in [0.25, 0.3) is 0 Å². The van der Waals surface area contributed by atoms with Crippen molar-refractivity contribution >= 4 is 28.2 Å². The van der Waals surface area contributed by atoms with Crippen molar-refractivity contribution in [2.45, 2.75) is 19.8 Å². The number of pyridine rings is 1. The van der Waals surface area contributed by atoms with Crippen molar-refractivity contribution in [3.8, 4) is 0 Å². The molecule has 1 aromatic carbocycles.